The number of rotatable bonds is 2. The van der Waals surface area contributed by atoms with E-state index in [4.69, 9.17) is 34.8 Å². The van der Waals surface area contributed by atoms with E-state index in [0.29, 0.717) is 0 Å². The van der Waals surface area contributed by atoms with Gasteiger partial charge in [0.1, 0.15) is 9.65 Å². The van der Waals surface area contributed by atoms with Gasteiger partial charge in [-0.25, -0.2) is 0 Å². The molecule has 0 saturated heterocycles. The third kappa shape index (κ3) is 3.26. The largest absolute Gasteiger partial charge is 0.330 e. The van der Waals surface area contributed by atoms with Crippen molar-refractivity contribution in [3.05, 3.63) is 9.65 Å². The molecule has 0 atom stereocenters. The average molecular weight is 205 g/mol. The van der Waals surface area contributed by atoms with Gasteiger partial charge in [0.2, 0.25) is 0 Å². The van der Waals surface area contributed by atoms with Gasteiger partial charge in [0.15, 0.2) is 0 Å². The molecule has 0 aromatic rings. The van der Waals surface area contributed by atoms with Gasteiger partial charge in [-0.1, -0.05) is 47.0 Å². The van der Waals surface area contributed by atoms with Crippen molar-refractivity contribution in [2.24, 2.45) is 0 Å². The zero-order valence-electron chi connectivity index (χ0n) is 4.57. The highest BCUT2D eigenvalue weighted by Crippen LogP contribution is 2.18. The summed E-state index contributed by atoms with van der Waals surface area (Å²) in [7, 11) is 1.65. The Balaban J connectivity index is 4.19. The van der Waals surface area contributed by atoms with Gasteiger partial charge < -0.3 is 4.90 Å². The van der Waals surface area contributed by atoms with E-state index in [2.05, 4.69) is 12.2 Å². The summed E-state index contributed by atoms with van der Waals surface area (Å²) in [6, 6.07) is 0. The van der Waals surface area contributed by atoms with Crippen LogP contribution in [-0.2, 0) is 0 Å². The fraction of sp³-hybridized carbons (Fsp3) is 0.250. The van der Waals surface area contributed by atoms with Gasteiger partial charge in [-0.05, 0) is 0 Å². The number of nitrogens with zero attached hydrogens (tertiary/aromatic N) is 1. The zero-order chi connectivity index (χ0) is 7.44. The Bertz CT molecular complexity index is 141. The minimum Gasteiger partial charge on any atom is -0.330 e. The number of thiocarbonyl (C=S) groups is 1. The number of hydrogen-bond acceptors (Lipinski definition) is 1. The molecule has 0 unspecified atom stereocenters. The second-order valence-electron chi connectivity index (χ2n) is 1.27. The van der Waals surface area contributed by atoms with Crippen molar-refractivity contribution < 1.29 is 0 Å². The van der Waals surface area contributed by atoms with E-state index in [9.17, 15) is 0 Å². The molecule has 5 heteroatoms. The van der Waals surface area contributed by atoms with E-state index < -0.39 is 0 Å². The van der Waals surface area contributed by atoms with Gasteiger partial charge in [-0.2, -0.15) is 0 Å². The van der Waals surface area contributed by atoms with Crippen LogP contribution in [0.3, 0.4) is 0 Å². The Morgan fingerprint density at radius 2 is 1.89 bits per heavy atom. The highest BCUT2D eigenvalue weighted by Gasteiger charge is 2.00. The van der Waals surface area contributed by atoms with E-state index in [-0.39, 0.29) is 9.65 Å². The summed E-state index contributed by atoms with van der Waals surface area (Å²) in [5, 5.41) is 0.230. The minimum atomic E-state index is 0.0141. The summed E-state index contributed by atoms with van der Waals surface area (Å²) >= 11 is 20.7. The third-order valence-corrected chi connectivity index (χ3v) is 1.95. The van der Waals surface area contributed by atoms with Gasteiger partial charge in [-0.3, -0.25) is 0 Å². The zero-order valence-corrected chi connectivity index (χ0v) is 7.65. The predicted molar refractivity (Wildman–Crippen MR) is 46.0 cm³/mol. The Morgan fingerprint density at radius 1 is 1.44 bits per heavy atom. The van der Waals surface area contributed by atoms with Crippen LogP contribution in [0.5, 0.6) is 0 Å². The van der Waals surface area contributed by atoms with Crippen LogP contribution in [0.4, 0.5) is 0 Å². The van der Waals surface area contributed by atoms with Gasteiger partial charge in [-0.15, -0.1) is 0 Å². The van der Waals surface area contributed by atoms with Gasteiger partial charge in [0.05, 0.1) is 5.49 Å². The summed E-state index contributed by atoms with van der Waals surface area (Å²) in [5.41, 5.74) is 1.34. The lowest BCUT2D eigenvalue weighted by Crippen LogP contribution is -2.10. The maximum atomic E-state index is 5.51. The van der Waals surface area contributed by atoms with Crippen molar-refractivity contribution in [2.75, 3.05) is 7.05 Å². The highest BCUT2D eigenvalue weighted by molar-refractivity contribution is 7.78. The van der Waals surface area contributed by atoms with Gasteiger partial charge in [0, 0.05) is 7.05 Å². The first kappa shape index (κ1) is 9.50. The van der Waals surface area contributed by atoms with E-state index in [1.165, 1.54) is 10.4 Å². The van der Waals surface area contributed by atoms with Crippen molar-refractivity contribution >= 4 is 52.5 Å². The van der Waals surface area contributed by atoms with Crippen LogP contribution in [0, 0.1) is 0 Å². The molecular formula is C4H4Cl3NS. The molecule has 52 valence electrons. The molecular weight excluding hydrogens is 200 g/mol. The molecule has 0 aliphatic carbocycles. The molecule has 0 amide bonds. The van der Waals surface area contributed by atoms with Crippen LogP contribution in [0.2, 0.25) is 0 Å². The standard InChI is InChI=1S/C4H4Cl3NS/c1-8(2-9)4(7)3(5)6/h2H,1H3. The average Bonchev–Trinajstić information content (AvgIpc) is 1.84. The maximum absolute atomic E-state index is 5.51. The summed E-state index contributed by atoms with van der Waals surface area (Å²) in [5.74, 6) is 0. The molecule has 0 bridgehead atoms. The van der Waals surface area contributed by atoms with Crippen LogP contribution < -0.4 is 0 Å². The fourth-order valence-electron chi connectivity index (χ4n) is 0.180. The number of hydrogen-bond donors (Lipinski definition) is 0. The summed E-state index contributed by atoms with van der Waals surface area (Å²) < 4.78 is 0.0141. The molecule has 1 nitrogen and oxygen atoms in total. The van der Waals surface area contributed by atoms with Crippen LogP contribution in [0.1, 0.15) is 0 Å². The van der Waals surface area contributed by atoms with Crippen molar-refractivity contribution in [3.8, 4) is 0 Å². The van der Waals surface area contributed by atoms with Crippen LogP contribution in [-0.4, -0.2) is 17.4 Å². The van der Waals surface area contributed by atoms with Crippen LogP contribution in [0.25, 0.3) is 0 Å². The lowest BCUT2D eigenvalue weighted by molar-refractivity contribution is 0.702. The Hall–Kier alpha value is 0.500. The first-order valence-electron chi connectivity index (χ1n) is 1.98. The lowest BCUT2D eigenvalue weighted by Gasteiger charge is -2.08. The molecule has 0 spiro atoms. The normalized spacial score (nSPS) is 8.44. The second kappa shape index (κ2) is 4.34. The minimum absolute atomic E-state index is 0.0141. The van der Waals surface area contributed by atoms with Crippen molar-refractivity contribution in [3.63, 3.8) is 0 Å². The van der Waals surface area contributed by atoms with Gasteiger partial charge >= 0.3 is 0 Å². The fourth-order valence-corrected chi connectivity index (χ4v) is 0.658. The lowest BCUT2D eigenvalue weighted by atomic mass is 10.8. The molecule has 9 heavy (non-hydrogen) atoms. The van der Waals surface area contributed by atoms with E-state index >= 15 is 0 Å². The molecule has 0 N–H and O–H groups in total. The second-order valence-corrected chi connectivity index (χ2v) is 2.79. The molecule has 0 fully saturated rings. The molecule has 0 heterocycles. The molecule has 0 aromatic carbocycles. The first-order chi connectivity index (χ1) is 4.09. The molecule has 0 aliphatic heterocycles. The molecule has 0 radical (unpaired) electrons. The van der Waals surface area contributed by atoms with Crippen molar-refractivity contribution in [1.82, 2.24) is 4.90 Å². The molecule has 0 aromatic heterocycles. The maximum Gasteiger partial charge on any atom is 0.142 e. The topological polar surface area (TPSA) is 3.24 Å². The van der Waals surface area contributed by atoms with Crippen molar-refractivity contribution in [2.45, 2.75) is 0 Å². The molecule has 0 aliphatic rings. The van der Waals surface area contributed by atoms with E-state index in [1.807, 2.05) is 0 Å². The first-order valence-corrected chi connectivity index (χ1v) is 3.59. The summed E-state index contributed by atoms with van der Waals surface area (Å²) in [4.78, 5) is 1.44. The highest BCUT2D eigenvalue weighted by atomic mass is 35.5. The smallest absolute Gasteiger partial charge is 0.142 e. The summed E-state index contributed by atoms with van der Waals surface area (Å²) in [6.07, 6.45) is 0. The SMILES string of the molecule is CN(C=S)C(Cl)=C(Cl)Cl. The van der Waals surface area contributed by atoms with Crippen LogP contribution >= 0.6 is 47.0 Å². The molecule has 0 rings (SSSR count). The Morgan fingerprint density at radius 3 is 2.00 bits per heavy atom. The van der Waals surface area contributed by atoms with E-state index in [1.54, 1.807) is 7.05 Å². The van der Waals surface area contributed by atoms with Crippen molar-refractivity contribution in [1.29, 1.82) is 0 Å². The Kier molecular flexibility index (Phi) is 4.58. The van der Waals surface area contributed by atoms with Gasteiger partial charge in [0.25, 0.3) is 0 Å². The third-order valence-electron chi connectivity index (χ3n) is 0.624. The number of halogens is 3. The quantitative estimate of drug-likeness (QED) is 0.503. The van der Waals surface area contributed by atoms with Crippen LogP contribution in [0.15, 0.2) is 9.65 Å². The monoisotopic (exact) mass is 203 g/mol. The summed E-state index contributed by atoms with van der Waals surface area (Å²) in [6.45, 7) is 0. The molecule has 0 saturated carbocycles. The predicted octanol–water partition coefficient (Wildman–Crippen LogP) is 2.72. The Labute approximate surface area is 74.2 Å². The van der Waals surface area contributed by atoms with E-state index in [0.717, 1.165) is 0 Å².